The first-order chi connectivity index (χ1) is 13.5. The van der Waals surface area contributed by atoms with E-state index >= 15 is 0 Å². The summed E-state index contributed by atoms with van der Waals surface area (Å²) in [6.07, 6.45) is 1.44. The van der Waals surface area contributed by atoms with Crippen molar-refractivity contribution < 1.29 is 14.3 Å². The van der Waals surface area contributed by atoms with Crippen molar-refractivity contribution in [3.05, 3.63) is 50.7 Å². The lowest BCUT2D eigenvalue weighted by molar-refractivity contribution is -0.123. The van der Waals surface area contributed by atoms with E-state index in [0.29, 0.717) is 29.5 Å². The lowest BCUT2D eigenvalue weighted by atomic mass is 10.1. The first-order valence-corrected chi connectivity index (χ1v) is 10.3. The van der Waals surface area contributed by atoms with Crippen LogP contribution in [0.4, 0.5) is 5.69 Å². The van der Waals surface area contributed by atoms with Crippen molar-refractivity contribution >= 4 is 46.2 Å². The number of fused-ring (bicyclic) bond motifs is 2. The number of aliphatic imine (C=N–C) groups is 1. The second-order valence-electron chi connectivity index (χ2n) is 6.87. The minimum atomic E-state index is -0.268. The molecule has 2 amide bonds. The van der Waals surface area contributed by atoms with Crippen LogP contribution in [0.25, 0.3) is 0 Å². The molecule has 0 fully saturated rings. The molecule has 1 aromatic carbocycles. The number of carbonyl (C=O) groups is 2. The molecule has 2 N–H and O–H groups in total. The molecule has 0 radical (unpaired) electrons. The van der Waals surface area contributed by atoms with Crippen molar-refractivity contribution in [2.75, 3.05) is 13.7 Å². The van der Waals surface area contributed by atoms with Crippen LogP contribution < -0.4 is 10.6 Å². The average molecular weight is 418 g/mol. The molecule has 2 aromatic rings. The summed E-state index contributed by atoms with van der Waals surface area (Å²) in [5, 5.41) is 6.12. The Kier molecular flexibility index (Phi) is 5.48. The van der Waals surface area contributed by atoms with Gasteiger partial charge >= 0.3 is 0 Å². The van der Waals surface area contributed by atoms with Gasteiger partial charge in [0.25, 0.3) is 5.91 Å². The summed E-state index contributed by atoms with van der Waals surface area (Å²) in [5.74, 6) is -0.300. The van der Waals surface area contributed by atoms with Crippen LogP contribution in [0, 0.1) is 0 Å². The van der Waals surface area contributed by atoms with Gasteiger partial charge in [0.15, 0.2) is 0 Å². The third-order valence-electron chi connectivity index (χ3n) is 5.00. The van der Waals surface area contributed by atoms with Gasteiger partial charge in [-0.25, -0.2) is 4.99 Å². The lowest BCUT2D eigenvalue weighted by Crippen LogP contribution is -2.46. The highest BCUT2D eigenvalue weighted by molar-refractivity contribution is 7.17. The number of thiophene rings is 1. The molecule has 2 aliphatic rings. The van der Waals surface area contributed by atoms with E-state index in [1.54, 1.807) is 13.2 Å². The number of carbonyl (C=O) groups excluding carboxylic acids is 2. The fraction of sp³-hybridized carbons (Fsp3) is 0.350. The Hall–Kier alpha value is -2.22. The van der Waals surface area contributed by atoms with Crippen LogP contribution in [-0.2, 0) is 27.2 Å². The van der Waals surface area contributed by atoms with E-state index in [1.165, 1.54) is 11.3 Å². The maximum atomic E-state index is 12.8. The molecule has 2 heterocycles. The van der Waals surface area contributed by atoms with Crippen LogP contribution in [0.5, 0.6) is 0 Å². The van der Waals surface area contributed by atoms with E-state index < -0.39 is 0 Å². The van der Waals surface area contributed by atoms with Crippen LogP contribution in [-0.4, -0.2) is 37.3 Å². The van der Waals surface area contributed by atoms with Crippen LogP contribution in [0.2, 0.25) is 4.34 Å². The van der Waals surface area contributed by atoms with Crippen molar-refractivity contribution in [2.45, 2.75) is 31.3 Å². The van der Waals surface area contributed by atoms with Gasteiger partial charge in [0.05, 0.1) is 28.7 Å². The van der Waals surface area contributed by atoms with Gasteiger partial charge in [-0.15, -0.1) is 11.3 Å². The molecule has 6 nitrogen and oxygen atoms in total. The molecule has 1 aliphatic carbocycles. The monoisotopic (exact) mass is 417 g/mol. The van der Waals surface area contributed by atoms with E-state index in [-0.39, 0.29) is 30.3 Å². The van der Waals surface area contributed by atoms with Crippen molar-refractivity contribution in [3.63, 3.8) is 0 Å². The van der Waals surface area contributed by atoms with E-state index in [9.17, 15) is 9.59 Å². The Morgan fingerprint density at radius 3 is 2.93 bits per heavy atom. The molecule has 4 rings (SSSR count). The van der Waals surface area contributed by atoms with Crippen LogP contribution in [0.15, 0.2) is 35.3 Å². The maximum absolute atomic E-state index is 12.8. The maximum Gasteiger partial charge on any atom is 0.266 e. The predicted molar refractivity (Wildman–Crippen MR) is 110 cm³/mol. The Labute approximate surface area is 172 Å². The van der Waals surface area contributed by atoms with Gasteiger partial charge in [-0.1, -0.05) is 35.9 Å². The minimum absolute atomic E-state index is 0.0992. The topological polar surface area (TPSA) is 79.8 Å². The zero-order valence-electron chi connectivity index (χ0n) is 15.3. The summed E-state index contributed by atoms with van der Waals surface area (Å²) in [5.41, 5.74) is 3.43. The number of hydrogen-bond donors (Lipinski definition) is 2. The molecule has 1 aromatic heterocycles. The third-order valence-corrected chi connectivity index (χ3v) is 6.25. The number of methoxy groups -OCH3 is 1. The van der Waals surface area contributed by atoms with Crippen molar-refractivity contribution in [3.8, 4) is 0 Å². The number of rotatable bonds is 6. The fourth-order valence-electron chi connectivity index (χ4n) is 3.68. The molecule has 0 bridgehead atoms. The first kappa shape index (κ1) is 19.1. The third kappa shape index (κ3) is 3.83. The van der Waals surface area contributed by atoms with E-state index in [4.69, 9.17) is 16.3 Å². The zero-order valence-corrected chi connectivity index (χ0v) is 16.9. The van der Waals surface area contributed by atoms with Gasteiger partial charge in [0, 0.05) is 24.8 Å². The number of halogens is 1. The molecule has 0 saturated carbocycles. The summed E-state index contributed by atoms with van der Waals surface area (Å²) in [6, 6.07) is 9.23. The van der Waals surface area contributed by atoms with Gasteiger partial charge in [-0.05, 0) is 23.6 Å². The Morgan fingerprint density at radius 2 is 2.14 bits per heavy atom. The molecule has 8 heteroatoms. The standard InChI is InChI=1S/C20H20ClN3O3S/c1-27-7-6-18(25)24-19-12-5-3-2-4-11(12)8-14(19)23-20(26)15-9-16-13(22-15)10-17(21)28-16/h2-5,10,14,19H,6-9H2,1H3,(H,23,26)(H,24,25)/t14-,19-/m1/s1. The van der Waals surface area contributed by atoms with Crippen molar-refractivity contribution in [2.24, 2.45) is 4.99 Å². The highest BCUT2D eigenvalue weighted by Gasteiger charge is 2.35. The zero-order chi connectivity index (χ0) is 19.7. The summed E-state index contributed by atoms with van der Waals surface area (Å²) >= 11 is 7.45. The van der Waals surface area contributed by atoms with Crippen molar-refractivity contribution in [1.82, 2.24) is 10.6 Å². The van der Waals surface area contributed by atoms with Gasteiger partial charge in [-0.2, -0.15) is 0 Å². The van der Waals surface area contributed by atoms with Crippen molar-refractivity contribution in [1.29, 1.82) is 0 Å². The van der Waals surface area contributed by atoms with E-state index in [1.807, 2.05) is 24.3 Å². The van der Waals surface area contributed by atoms with Gasteiger partial charge < -0.3 is 15.4 Å². The second-order valence-corrected chi connectivity index (χ2v) is 8.63. The average Bonchev–Trinajstić information content (AvgIpc) is 3.31. The van der Waals surface area contributed by atoms with Gasteiger partial charge in [-0.3, -0.25) is 9.59 Å². The fourth-order valence-corrected chi connectivity index (χ4v) is 4.88. The number of hydrogen-bond acceptors (Lipinski definition) is 5. The Bertz CT molecular complexity index is 956. The summed E-state index contributed by atoms with van der Waals surface area (Å²) in [6.45, 7) is 0.360. The van der Waals surface area contributed by atoms with Crippen LogP contribution in [0.3, 0.4) is 0 Å². The molecule has 0 spiro atoms. The molecule has 0 unspecified atom stereocenters. The smallest absolute Gasteiger partial charge is 0.266 e. The molecule has 1 aliphatic heterocycles. The van der Waals surface area contributed by atoms with E-state index in [2.05, 4.69) is 15.6 Å². The SMILES string of the molecule is COCCC(=O)N[C@@H]1c2ccccc2C[C@H]1NC(=O)C1=Nc2cc(Cl)sc2C1. The number of amides is 2. The largest absolute Gasteiger partial charge is 0.384 e. The molecule has 0 saturated heterocycles. The minimum Gasteiger partial charge on any atom is -0.384 e. The number of nitrogens with zero attached hydrogens (tertiary/aromatic N) is 1. The molecule has 28 heavy (non-hydrogen) atoms. The Balaban J connectivity index is 1.48. The number of nitrogens with one attached hydrogen (secondary N) is 2. The molecular weight excluding hydrogens is 398 g/mol. The quantitative estimate of drug-likeness (QED) is 0.758. The first-order valence-electron chi connectivity index (χ1n) is 9.08. The highest BCUT2D eigenvalue weighted by atomic mass is 35.5. The lowest BCUT2D eigenvalue weighted by Gasteiger charge is -2.23. The predicted octanol–water partition coefficient (Wildman–Crippen LogP) is 2.97. The van der Waals surface area contributed by atoms with Gasteiger partial charge in [0.1, 0.15) is 5.71 Å². The van der Waals surface area contributed by atoms with Crippen LogP contribution >= 0.6 is 22.9 Å². The summed E-state index contributed by atoms with van der Waals surface area (Å²) in [4.78, 5) is 30.5. The second kappa shape index (κ2) is 8.03. The summed E-state index contributed by atoms with van der Waals surface area (Å²) < 4.78 is 5.66. The number of benzene rings is 1. The van der Waals surface area contributed by atoms with E-state index in [0.717, 1.165) is 21.7 Å². The molecule has 2 atom stereocenters. The molecule has 146 valence electrons. The Morgan fingerprint density at radius 1 is 1.32 bits per heavy atom. The highest BCUT2D eigenvalue weighted by Crippen LogP contribution is 2.38. The molecular formula is C20H20ClN3O3S. The number of ether oxygens (including phenoxy) is 1. The van der Waals surface area contributed by atoms with Gasteiger partial charge in [0.2, 0.25) is 5.91 Å². The van der Waals surface area contributed by atoms with Crippen LogP contribution in [0.1, 0.15) is 28.5 Å². The normalized spacial score (nSPS) is 19.7. The summed E-state index contributed by atoms with van der Waals surface area (Å²) in [7, 11) is 1.57.